The minimum atomic E-state index is -0.701. The molecule has 0 N–H and O–H groups in total. The van der Waals surface area contributed by atoms with Crippen LogP contribution in [0, 0.1) is 15.9 Å². The van der Waals surface area contributed by atoms with Gasteiger partial charge < -0.3 is 9.32 Å². The predicted molar refractivity (Wildman–Crippen MR) is 72.2 cm³/mol. The molecule has 110 valence electrons. The second-order valence-electron chi connectivity index (χ2n) is 4.32. The van der Waals surface area contributed by atoms with E-state index in [4.69, 9.17) is 4.42 Å². The topological polar surface area (TPSA) is 76.6 Å². The third-order valence-corrected chi connectivity index (χ3v) is 2.98. The van der Waals surface area contributed by atoms with Crippen molar-refractivity contribution in [2.45, 2.75) is 13.5 Å². The Labute approximate surface area is 119 Å². The standard InChI is InChI=1S/C14H13FN2O4/c1-2-16(9-11-4-3-7-21-11)14(18)12-8-10(15)5-6-13(12)17(19)20/h3-8H,2,9H2,1H3. The Morgan fingerprint density at radius 2 is 2.19 bits per heavy atom. The summed E-state index contributed by atoms with van der Waals surface area (Å²) in [7, 11) is 0. The van der Waals surface area contributed by atoms with Gasteiger partial charge in [-0.2, -0.15) is 0 Å². The van der Waals surface area contributed by atoms with E-state index in [2.05, 4.69) is 0 Å². The molecule has 0 atom stereocenters. The summed E-state index contributed by atoms with van der Waals surface area (Å²) in [5, 5.41) is 11.0. The van der Waals surface area contributed by atoms with Gasteiger partial charge in [-0.15, -0.1) is 0 Å². The van der Waals surface area contributed by atoms with Crippen LogP contribution in [0.3, 0.4) is 0 Å². The molecule has 21 heavy (non-hydrogen) atoms. The number of nitro groups is 1. The third kappa shape index (κ3) is 3.25. The van der Waals surface area contributed by atoms with Crippen LogP contribution >= 0.6 is 0 Å². The SMILES string of the molecule is CCN(Cc1ccco1)C(=O)c1cc(F)ccc1[N+](=O)[O-]. The van der Waals surface area contributed by atoms with Crippen LogP contribution in [0.25, 0.3) is 0 Å². The molecule has 1 amide bonds. The molecule has 7 heteroatoms. The summed E-state index contributed by atoms with van der Waals surface area (Å²) in [5.41, 5.74) is -0.687. The molecule has 0 aliphatic heterocycles. The fraction of sp³-hybridized carbons (Fsp3) is 0.214. The molecule has 2 aromatic rings. The number of nitrogens with zero attached hydrogens (tertiary/aromatic N) is 2. The van der Waals surface area contributed by atoms with E-state index >= 15 is 0 Å². The van der Waals surface area contributed by atoms with Gasteiger partial charge in [0.1, 0.15) is 17.1 Å². The second kappa shape index (κ2) is 6.17. The number of amides is 1. The van der Waals surface area contributed by atoms with Gasteiger partial charge in [0.05, 0.1) is 17.7 Å². The van der Waals surface area contributed by atoms with E-state index in [1.54, 1.807) is 19.1 Å². The Morgan fingerprint density at radius 1 is 1.43 bits per heavy atom. The number of halogens is 1. The van der Waals surface area contributed by atoms with Gasteiger partial charge in [0.15, 0.2) is 0 Å². The average Bonchev–Trinajstić information content (AvgIpc) is 2.96. The minimum Gasteiger partial charge on any atom is -0.467 e. The molecule has 1 heterocycles. The van der Waals surface area contributed by atoms with Crippen molar-refractivity contribution in [1.29, 1.82) is 0 Å². The number of benzene rings is 1. The van der Waals surface area contributed by atoms with Crippen LogP contribution in [-0.2, 0) is 6.54 Å². The number of carbonyl (C=O) groups is 1. The van der Waals surface area contributed by atoms with Gasteiger partial charge in [0.25, 0.3) is 11.6 Å². The average molecular weight is 292 g/mol. The van der Waals surface area contributed by atoms with E-state index in [0.29, 0.717) is 12.3 Å². The first-order valence-electron chi connectivity index (χ1n) is 6.28. The lowest BCUT2D eigenvalue weighted by molar-refractivity contribution is -0.385. The molecule has 6 nitrogen and oxygen atoms in total. The molecule has 0 unspecified atom stereocenters. The van der Waals surface area contributed by atoms with Crippen molar-refractivity contribution in [3.05, 3.63) is 63.9 Å². The second-order valence-corrected chi connectivity index (χ2v) is 4.32. The Bertz CT molecular complexity index is 655. The first-order chi connectivity index (χ1) is 10.0. The molecule has 0 fully saturated rings. The number of furan rings is 1. The highest BCUT2D eigenvalue weighted by Gasteiger charge is 2.25. The maximum absolute atomic E-state index is 13.3. The number of rotatable bonds is 5. The van der Waals surface area contributed by atoms with Crippen molar-refractivity contribution >= 4 is 11.6 Å². The maximum atomic E-state index is 13.3. The number of hydrogen-bond acceptors (Lipinski definition) is 4. The zero-order chi connectivity index (χ0) is 15.4. The van der Waals surface area contributed by atoms with Gasteiger partial charge in [0.2, 0.25) is 0 Å². The first kappa shape index (κ1) is 14.7. The maximum Gasteiger partial charge on any atom is 0.282 e. The van der Waals surface area contributed by atoms with E-state index in [1.807, 2.05) is 0 Å². The Morgan fingerprint density at radius 3 is 2.76 bits per heavy atom. The van der Waals surface area contributed by atoms with Gasteiger partial charge >= 0.3 is 0 Å². The lowest BCUT2D eigenvalue weighted by atomic mass is 10.1. The number of carbonyl (C=O) groups excluding carboxylic acids is 1. The fourth-order valence-corrected chi connectivity index (χ4v) is 1.93. The lowest BCUT2D eigenvalue weighted by Gasteiger charge is -2.19. The third-order valence-electron chi connectivity index (χ3n) is 2.98. The Hall–Kier alpha value is -2.70. The fourth-order valence-electron chi connectivity index (χ4n) is 1.93. The van der Waals surface area contributed by atoms with Crippen molar-refractivity contribution in [3.63, 3.8) is 0 Å². The van der Waals surface area contributed by atoms with Crippen molar-refractivity contribution in [2.24, 2.45) is 0 Å². The summed E-state index contributed by atoms with van der Waals surface area (Å²) in [4.78, 5) is 24.0. The van der Waals surface area contributed by atoms with Gasteiger partial charge in [-0.25, -0.2) is 4.39 Å². The quantitative estimate of drug-likeness (QED) is 0.627. The van der Waals surface area contributed by atoms with Crippen molar-refractivity contribution < 1.29 is 18.5 Å². The Balaban J connectivity index is 2.33. The van der Waals surface area contributed by atoms with Crippen LogP contribution in [-0.4, -0.2) is 22.3 Å². The van der Waals surface area contributed by atoms with Crippen molar-refractivity contribution in [2.75, 3.05) is 6.54 Å². The van der Waals surface area contributed by atoms with E-state index in [0.717, 1.165) is 18.2 Å². The van der Waals surface area contributed by atoms with Crippen LogP contribution in [0.2, 0.25) is 0 Å². The van der Waals surface area contributed by atoms with E-state index in [1.165, 1.54) is 11.2 Å². The first-order valence-corrected chi connectivity index (χ1v) is 6.28. The molecule has 1 aromatic carbocycles. The lowest BCUT2D eigenvalue weighted by Crippen LogP contribution is -2.30. The molecule has 0 aliphatic rings. The smallest absolute Gasteiger partial charge is 0.282 e. The summed E-state index contributed by atoms with van der Waals surface area (Å²) in [6.45, 7) is 2.20. The van der Waals surface area contributed by atoms with Crippen LogP contribution < -0.4 is 0 Å². The zero-order valence-electron chi connectivity index (χ0n) is 11.3. The molecule has 0 bridgehead atoms. The highest BCUT2D eigenvalue weighted by Crippen LogP contribution is 2.22. The summed E-state index contributed by atoms with van der Waals surface area (Å²) in [5.74, 6) is -0.762. The highest BCUT2D eigenvalue weighted by molar-refractivity contribution is 5.98. The van der Waals surface area contributed by atoms with Gasteiger partial charge in [-0.1, -0.05) is 0 Å². The zero-order valence-corrected chi connectivity index (χ0v) is 11.3. The monoisotopic (exact) mass is 292 g/mol. The number of nitro benzene ring substituents is 1. The van der Waals surface area contributed by atoms with Crippen LogP contribution in [0.5, 0.6) is 0 Å². The normalized spacial score (nSPS) is 10.4. The summed E-state index contributed by atoms with van der Waals surface area (Å²) < 4.78 is 18.5. The molecule has 0 saturated heterocycles. The van der Waals surface area contributed by atoms with Gasteiger partial charge in [-0.3, -0.25) is 14.9 Å². The van der Waals surface area contributed by atoms with Crippen LogP contribution in [0.4, 0.5) is 10.1 Å². The van der Waals surface area contributed by atoms with E-state index in [-0.39, 0.29) is 12.1 Å². The van der Waals surface area contributed by atoms with Crippen molar-refractivity contribution in [1.82, 2.24) is 4.90 Å². The van der Waals surface area contributed by atoms with E-state index in [9.17, 15) is 19.3 Å². The molecule has 0 radical (unpaired) electrons. The van der Waals surface area contributed by atoms with Crippen LogP contribution in [0.1, 0.15) is 23.0 Å². The van der Waals surface area contributed by atoms with Gasteiger partial charge in [-0.05, 0) is 31.2 Å². The summed E-state index contributed by atoms with van der Waals surface area (Å²) >= 11 is 0. The van der Waals surface area contributed by atoms with E-state index < -0.39 is 22.3 Å². The number of hydrogen-bond donors (Lipinski definition) is 0. The Kier molecular flexibility index (Phi) is 4.32. The molecule has 1 aromatic heterocycles. The molecular weight excluding hydrogens is 279 g/mol. The minimum absolute atomic E-state index is 0.163. The molecule has 2 rings (SSSR count). The van der Waals surface area contributed by atoms with Gasteiger partial charge in [0, 0.05) is 12.6 Å². The molecular formula is C14H13FN2O4. The molecule has 0 aliphatic carbocycles. The summed E-state index contributed by atoms with van der Waals surface area (Å²) in [6, 6.07) is 6.19. The largest absolute Gasteiger partial charge is 0.467 e. The predicted octanol–water partition coefficient (Wildman–Crippen LogP) is 2.99. The van der Waals surface area contributed by atoms with Crippen LogP contribution in [0.15, 0.2) is 41.0 Å². The molecule has 0 saturated carbocycles. The summed E-state index contributed by atoms with van der Waals surface area (Å²) in [6.07, 6.45) is 1.47. The highest BCUT2D eigenvalue weighted by atomic mass is 19.1. The van der Waals surface area contributed by atoms with Crippen molar-refractivity contribution in [3.8, 4) is 0 Å². The molecule has 0 spiro atoms.